The molecule has 2 saturated heterocycles. The number of fused-ring (bicyclic) bond motifs is 1. The number of aliphatic hydroxyl groups excluding tert-OH is 1. The van der Waals surface area contributed by atoms with E-state index in [0.29, 0.717) is 43.6 Å². The lowest BCUT2D eigenvalue weighted by Gasteiger charge is -2.33. The van der Waals surface area contributed by atoms with Crippen molar-refractivity contribution in [1.29, 1.82) is 0 Å². The zero-order chi connectivity index (χ0) is 29.9. The summed E-state index contributed by atoms with van der Waals surface area (Å²) in [5, 5.41) is 17.4. The van der Waals surface area contributed by atoms with Crippen LogP contribution in [0.1, 0.15) is 48.8 Å². The summed E-state index contributed by atoms with van der Waals surface area (Å²) in [6.45, 7) is 9.88. The molecule has 1 amide bonds. The Balaban J connectivity index is 1.22. The molecule has 0 spiro atoms. The number of amides is 1. The van der Waals surface area contributed by atoms with Crippen LogP contribution in [0.4, 0.5) is 11.8 Å². The molecule has 13 heteroatoms. The largest absolute Gasteiger partial charge is 0.395 e. The zero-order valence-corrected chi connectivity index (χ0v) is 24.9. The van der Waals surface area contributed by atoms with Crippen molar-refractivity contribution in [2.75, 3.05) is 62.6 Å². The number of nitrogens with zero attached hydrogens (tertiary/aromatic N) is 9. The Hall–Kier alpha value is -4.07. The van der Waals surface area contributed by atoms with Gasteiger partial charge in [-0.15, -0.1) is 0 Å². The molecule has 3 aromatic heterocycles. The molecule has 0 saturated carbocycles. The Bertz CT molecular complexity index is 1550. The molecular weight excluding hydrogens is 546 g/mol. The van der Waals surface area contributed by atoms with Gasteiger partial charge in [-0.25, -0.2) is 9.67 Å². The van der Waals surface area contributed by atoms with Gasteiger partial charge in [0.2, 0.25) is 5.95 Å². The third-order valence-electron chi connectivity index (χ3n) is 8.36. The summed E-state index contributed by atoms with van der Waals surface area (Å²) in [6.07, 6.45) is 5.48. The lowest BCUT2D eigenvalue weighted by Crippen LogP contribution is -2.49. The van der Waals surface area contributed by atoms with Crippen molar-refractivity contribution in [2.45, 2.75) is 45.3 Å². The molecule has 43 heavy (non-hydrogen) atoms. The molecule has 2 aliphatic rings. The summed E-state index contributed by atoms with van der Waals surface area (Å²) in [7, 11) is 0. The summed E-state index contributed by atoms with van der Waals surface area (Å²) in [4.78, 5) is 33.9. The van der Waals surface area contributed by atoms with Crippen LogP contribution in [0.5, 0.6) is 0 Å². The fourth-order valence-electron chi connectivity index (χ4n) is 5.76. The minimum absolute atomic E-state index is 0.0756. The fraction of sp³-hybridized carbons (Fsp3) is 0.500. The molecule has 0 atom stereocenters. The number of para-hydroxylation sites is 1. The number of nitrogens with one attached hydrogen (secondary N) is 1. The van der Waals surface area contributed by atoms with Gasteiger partial charge in [0.1, 0.15) is 0 Å². The molecule has 6 rings (SSSR count). The first-order valence-electron chi connectivity index (χ1n) is 15.2. The highest BCUT2D eigenvalue weighted by Gasteiger charge is 2.25. The minimum Gasteiger partial charge on any atom is -0.395 e. The number of benzene rings is 1. The number of hydrogen-bond acceptors (Lipinski definition) is 10. The third kappa shape index (κ3) is 6.19. The van der Waals surface area contributed by atoms with E-state index in [4.69, 9.17) is 15.7 Å². The number of carbonyl (C=O) groups excluding carboxylic acids is 1. The van der Waals surface area contributed by atoms with Crippen LogP contribution in [0.2, 0.25) is 0 Å². The van der Waals surface area contributed by atoms with Gasteiger partial charge in [-0.3, -0.25) is 9.69 Å². The monoisotopic (exact) mass is 587 g/mol. The number of piperidine rings is 1. The number of hydrogen-bond donors (Lipinski definition) is 3. The van der Waals surface area contributed by atoms with Gasteiger partial charge in [-0.05, 0) is 44.4 Å². The molecule has 2 fully saturated rings. The highest BCUT2D eigenvalue weighted by molar-refractivity contribution is 5.92. The second-order valence-corrected chi connectivity index (χ2v) is 11.6. The maximum atomic E-state index is 13.2. The number of nitrogens with two attached hydrogens (primary N) is 1. The number of aliphatic hydroxyl groups is 1. The van der Waals surface area contributed by atoms with Crippen LogP contribution in [0.15, 0.2) is 42.9 Å². The van der Waals surface area contributed by atoms with Crippen molar-refractivity contribution in [2.24, 2.45) is 5.73 Å². The Labute approximate surface area is 251 Å². The van der Waals surface area contributed by atoms with E-state index >= 15 is 0 Å². The predicted octanol–water partition coefficient (Wildman–Crippen LogP) is 1.88. The van der Waals surface area contributed by atoms with E-state index in [-0.39, 0.29) is 24.6 Å². The number of β-amino-alcohol motifs (C(OH)–C–C–N with tert-alkyl or cyclic N) is 1. The average Bonchev–Trinajstić information content (AvgIpc) is 3.69. The zero-order valence-electron chi connectivity index (χ0n) is 24.9. The van der Waals surface area contributed by atoms with Crippen LogP contribution in [0, 0.1) is 0 Å². The maximum absolute atomic E-state index is 13.2. The molecule has 4 aromatic rings. The molecule has 0 radical (unpaired) electrons. The second kappa shape index (κ2) is 12.7. The molecule has 1 aromatic carbocycles. The van der Waals surface area contributed by atoms with Gasteiger partial charge in [-0.1, -0.05) is 18.2 Å². The summed E-state index contributed by atoms with van der Waals surface area (Å²) < 4.78 is 3.84. The topological polar surface area (TPSA) is 146 Å². The normalized spacial score (nSPS) is 16.9. The molecule has 5 heterocycles. The summed E-state index contributed by atoms with van der Waals surface area (Å²) in [6, 6.07) is 10.2. The molecule has 2 aliphatic heterocycles. The minimum atomic E-state index is -0.0756. The molecule has 0 aliphatic carbocycles. The number of aromatic nitrogens is 6. The molecule has 0 unspecified atom stereocenters. The van der Waals surface area contributed by atoms with Crippen molar-refractivity contribution in [3.8, 4) is 5.69 Å². The van der Waals surface area contributed by atoms with E-state index in [1.807, 2.05) is 41.7 Å². The van der Waals surface area contributed by atoms with Crippen LogP contribution >= 0.6 is 0 Å². The maximum Gasteiger partial charge on any atom is 0.274 e. The van der Waals surface area contributed by atoms with Gasteiger partial charge in [-0.2, -0.15) is 15.1 Å². The van der Waals surface area contributed by atoms with Gasteiger partial charge in [0.15, 0.2) is 22.7 Å². The van der Waals surface area contributed by atoms with Crippen molar-refractivity contribution in [3.05, 3.63) is 54.1 Å². The second-order valence-electron chi connectivity index (χ2n) is 11.6. The molecular formula is C30H41N11O2. The van der Waals surface area contributed by atoms with Crippen LogP contribution in [-0.2, 0) is 6.54 Å². The molecule has 4 N–H and O–H groups in total. The first kappa shape index (κ1) is 29.0. The Morgan fingerprint density at radius 3 is 2.58 bits per heavy atom. The van der Waals surface area contributed by atoms with E-state index < -0.39 is 0 Å². The number of imidazole rings is 1. The van der Waals surface area contributed by atoms with Gasteiger partial charge >= 0.3 is 0 Å². The highest BCUT2D eigenvalue weighted by atomic mass is 16.3. The average molecular weight is 588 g/mol. The smallest absolute Gasteiger partial charge is 0.274 e. The number of carbonyl (C=O) groups is 1. The first-order valence-corrected chi connectivity index (χ1v) is 15.2. The lowest BCUT2D eigenvalue weighted by atomic mass is 10.1. The quantitative estimate of drug-likeness (QED) is 0.265. The van der Waals surface area contributed by atoms with Crippen LogP contribution in [0.25, 0.3) is 16.9 Å². The summed E-state index contributed by atoms with van der Waals surface area (Å²) >= 11 is 0. The highest BCUT2D eigenvalue weighted by Crippen LogP contribution is 2.27. The Morgan fingerprint density at radius 2 is 1.84 bits per heavy atom. The molecule has 228 valence electrons. The van der Waals surface area contributed by atoms with Gasteiger partial charge in [0.05, 0.1) is 18.6 Å². The fourth-order valence-corrected chi connectivity index (χ4v) is 5.76. The lowest BCUT2D eigenvalue weighted by molar-refractivity contribution is 0.0609. The summed E-state index contributed by atoms with van der Waals surface area (Å²) in [5.74, 6) is 1.29. The van der Waals surface area contributed by atoms with E-state index in [9.17, 15) is 9.90 Å². The Kier molecular flexibility index (Phi) is 8.54. The van der Waals surface area contributed by atoms with E-state index in [2.05, 4.69) is 43.6 Å². The molecule has 0 bridgehead atoms. The predicted molar refractivity (Wildman–Crippen MR) is 165 cm³/mol. The number of anilines is 2. The SMILES string of the molecule is CC(C)n1cnc2c(NCc3ccccc3-n3ccc(C(=O)N4CCN(CCO)CC4)n3)nc(N3CCC(N)CC3)nc21. The standard InChI is InChI=1S/C30H41N11O2/c1-21(2)40-20-33-26-27(34-30(35-28(26)40)39-10-7-23(31)8-11-39)32-19-22-5-3-4-6-25(22)41-12-9-24(36-41)29(43)38-15-13-37(14-16-38)17-18-42/h3-6,9,12,20-21,23,42H,7-8,10-11,13-19,31H2,1-2H3,(H,32,34,35). The van der Waals surface area contributed by atoms with Crippen LogP contribution in [-0.4, -0.2) is 109 Å². The van der Waals surface area contributed by atoms with Gasteiger partial charge in [0.25, 0.3) is 5.91 Å². The van der Waals surface area contributed by atoms with Crippen LogP contribution in [0.3, 0.4) is 0 Å². The first-order chi connectivity index (χ1) is 20.9. The van der Waals surface area contributed by atoms with Crippen LogP contribution < -0.4 is 16.0 Å². The van der Waals surface area contributed by atoms with E-state index in [1.54, 1.807) is 10.7 Å². The molecule has 13 nitrogen and oxygen atoms in total. The van der Waals surface area contributed by atoms with Gasteiger partial charge < -0.3 is 30.5 Å². The van der Waals surface area contributed by atoms with Gasteiger partial charge in [0, 0.05) is 70.6 Å². The van der Waals surface area contributed by atoms with Crippen molar-refractivity contribution >= 4 is 28.8 Å². The van der Waals surface area contributed by atoms with Crippen molar-refractivity contribution < 1.29 is 9.90 Å². The van der Waals surface area contributed by atoms with E-state index in [1.165, 1.54) is 0 Å². The van der Waals surface area contributed by atoms with Crippen molar-refractivity contribution in [3.63, 3.8) is 0 Å². The third-order valence-corrected chi connectivity index (χ3v) is 8.36. The number of rotatable bonds is 9. The summed E-state index contributed by atoms with van der Waals surface area (Å²) in [5.41, 5.74) is 9.99. The Morgan fingerprint density at radius 1 is 1.07 bits per heavy atom. The van der Waals surface area contributed by atoms with Crippen molar-refractivity contribution in [1.82, 2.24) is 39.1 Å². The van der Waals surface area contributed by atoms with E-state index in [0.717, 1.165) is 61.4 Å². The number of piperazine rings is 1.